The third kappa shape index (κ3) is 3.28. The summed E-state index contributed by atoms with van der Waals surface area (Å²) in [6.45, 7) is 4.03. The second-order valence-electron chi connectivity index (χ2n) is 4.08. The maximum atomic E-state index is 12.1. The highest BCUT2D eigenvalue weighted by atomic mass is 32.2. The SMILES string of the molecule is CCCN(C)S(=O)(=O)c1cccc(C(C)O)c1. The van der Waals surface area contributed by atoms with E-state index in [0.717, 1.165) is 6.42 Å². The van der Waals surface area contributed by atoms with Crippen LogP contribution in [-0.4, -0.2) is 31.4 Å². The van der Waals surface area contributed by atoms with E-state index in [1.165, 1.54) is 10.4 Å². The van der Waals surface area contributed by atoms with E-state index in [9.17, 15) is 13.5 Å². The standard InChI is InChI=1S/C12H19NO3S/c1-4-8-13(3)17(15,16)12-7-5-6-11(9-12)10(2)14/h5-7,9-10,14H,4,8H2,1-3H3. The molecule has 0 aliphatic rings. The number of hydrogen-bond acceptors (Lipinski definition) is 3. The number of sulfonamides is 1. The fourth-order valence-corrected chi connectivity index (χ4v) is 2.87. The summed E-state index contributed by atoms with van der Waals surface area (Å²) in [6, 6.07) is 6.43. The van der Waals surface area contributed by atoms with Gasteiger partial charge in [-0.1, -0.05) is 19.1 Å². The molecule has 0 aliphatic heterocycles. The minimum Gasteiger partial charge on any atom is -0.389 e. The second-order valence-corrected chi connectivity index (χ2v) is 6.12. The highest BCUT2D eigenvalue weighted by Crippen LogP contribution is 2.19. The lowest BCUT2D eigenvalue weighted by atomic mass is 10.1. The second kappa shape index (κ2) is 5.62. The Balaban J connectivity index is 3.11. The first-order chi connectivity index (χ1) is 7.89. The predicted molar refractivity (Wildman–Crippen MR) is 67.2 cm³/mol. The molecule has 0 fully saturated rings. The zero-order valence-corrected chi connectivity index (χ0v) is 11.2. The van der Waals surface area contributed by atoms with E-state index in [2.05, 4.69) is 0 Å². The van der Waals surface area contributed by atoms with Crippen LogP contribution in [0.15, 0.2) is 29.2 Å². The summed E-state index contributed by atoms with van der Waals surface area (Å²) in [6.07, 6.45) is 0.105. The number of nitrogens with zero attached hydrogens (tertiary/aromatic N) is 1. The van der Waals surface area contributed by atoms with E-state index in [0.29, 0.717) is 12.1 Å². The van der Waals surface area contributed by atoms with Gasteiger partial charge in [-0.2, -0.15) is 0 Å². The zero-order valence-electron chi connectivity index (χ0n) is 10.4. The molecule has 1 aromatic carbocycles. The van der Waals surface area contributed by atoms with E-state index in [4.69, 9.17) is 0 Å². The van der Waals surface area contributed by atoms with Crippen molar-refractivity contribution in [2.24, 2.45) is 0 Å². The van der Waals surface area contributed by atoms with Crippen molar-refractivity contribution < 1.29 is 13.5 Å². The lowest BCUT2D eigenvalue weighted by Gasteiger charge is -2.17. The molecule has 0 aromatic heterocycles. The van der Waals surface area contributed by atoms with Crippen molar-refractivity contribution in [1.29, 1.82) is 0 Å². The minimum atomic E-state index is -3.43. The van der Waals surface area contributed by atoms with Crippen molar-refractivity contribution in [3.63, 3.8) is 0 Å². The lowest BCUT2D eigenvalue weighted by molar-refractivity contribution is 0.199. The molecular formula is C12H19NO3S. The van der Waals surface area contributed by atoms with Gasteiger partial charge in [0.1, 0.15) is 0 Å². The Morgan fingerprint density at radius 1 is 1.41 bits per heavy atom. The van der Waals surface area contributed by atoms with E-state index in [1.54, 1.807) is 32.2 Å². The average Bonchev–Trinajstić information content (AvgIpc) is 2.29. The molecule has 0 saturated heterocycles. The van der Waals surface area contributed by atoms with Crippen molar-refractivity contribution in [3.8, 4) is 0 Å². The van der Waals surface area contributed by atoms with Gasteiger partial charge in [-0.25, -0.2) is 12.7 Å². The topological polar surface area (TPSA) is 57.6 Å². The molecule has 1 N–H and O–H groups in total. The summed E-state index contributed by atoms with van der Waals surface area (Å²) in [4.78, 5) is 0.229. The molecule has 0 saturated carbocycles. The van der Waals surface area contributed by atoms with Crippen LogP contribution in [0.3, 0.4) is 0 Å². The van der Waals surface area contributed by atoms with E-state index in [1.807, 2.05) is 6.92 Å². The molecule has 96 valence electrons. The average molecular weight is 257 g/mol. The van der Waals surface area contributed by atoms with Crippen LogP contribution in [0.4, 0.5) is 0 Å². The van der Waals surface area contributed by atoms with E-state index in [-0.39, 0.29) is 4.90 Å². The molecule has 1 aromatic rings. The largest absolute Gasteiger partial charge is 0.389 e. The maximum absolute atomic E-state index is 12.1. The summed E-state index contributed by atoms with van der Waals surface area (Å²) in [5, 5.41) is 9.45. The monoisotopic (exact) mass is 257 g/mol. The predicted octanol–water partition coefficient (Wildman–Crippen LogP) is 1.77. The van der Waals surface area contributed by atoms with Gasteiger partial charge in [-0.05, 0) is 31.0 Å². The van der Waals surface area contributed by atoms with Crippen LogP contribution < -0.4 is 0 Å². The third-order valence-electron chi connectivity index (χ3n) is 2.59. The first kappa shape index (κ1) is 14.2. The fourth-order valence-electron chi connectivity index (χ4n) is 1.55. The molecule has 17 heavy (non-hydrogen) atoms. The molecule has 5 heteroatoms. The van der Waals surface area contributed by atoms with Crippen LogP contribution in [-0.2, 0) is 10.0 Å². The maximum Gasteiger partial charge on any atom is 0.242 e. The van der Waals surface area contributed by atoms with Gasteiger partial charge in [-0.15, -0.1) is 0 Å². The van der Waals surface area contributed by atoms with Gasteiger partial charge in [0.25, 0.3) is 0 Å². The molecule has 0 aliphatic carbocycles. The van der Waals surface area contributed by atoms with Crippen LogP contribution in [0, 0.1) is 0 Å². The van der Waals surface area contributed by atoms with Crippen molar-refractivity contribution in [2.45, 2.75) is 31.3 Å². The van der Waals surface area contributed by atoms with Crippen LogP contribution in [0.25, 0.3) is 0 Å². The van der Waals surface area contributed by atoms with Crippen molar-refractivity contribution in [3.05, 3.63) is 29.8 Å². The summed E-state index contributed by atoms with van der Waals surface area (Å²) in [7, 11) is -1.87. The van der Waals surface area contributed by atoms with Crippen molar-refractivity contribution in [2.75, 3.05) is 13.6 Å². The summed E-state index contributed by atoms with van der Waals surface area (Å²) in [5.74, 6) is 0. The van der Waals surface area contributed by atoms with Gasteiger partial charge in [0.15, 0.2) is 0 Å². The molecule has 1 atom stereocenters. The summed E-state index contributed by atoms with van der Waals surface area (Å²) < 4.78 is 25.6. The Morgan fingerprint density at radius 3 is 2.59 bits per heavy atom. The Labute approximate surface area is 103 Å². The molecule has 0 spiro atoms. The molecule has 0 bridgehead atoms. The first-order valence-electron chi connectivity index (χ1n) is 5.64. The molecule has 0 radical (unpaired) electrons. The van der Waals surface area contributed by atoms with E-state index >= 15 is 0 Å². The third-order valence-corrected chi connectivity index (χ3v) is 4.44. The number of hydrogen-bond donors (Lipinski definition) is 1. The molecule has 1 rings (SSSR count). The highest BCUT2D eigenvalue weighted by Gasteiger charge is 2.20. The van der Waals surface area contributed by atoms with Gasteiger partial charge in [0.05, 0.1) is 11.0 Å². The Hall–Kier alpha value is -0.910. The van der Waals surface area contributed by atoms with Crippen molar-refractivity contribution >= 4 is 10.0 Å². The first-order valence-corrected chi connectivity index (χ1v) is 7.08. The van der Waals surface area contributed by atoms with Crippen LogP contribution in [0.5, 0.6) is 0 Å². The van der Waals surface area contributed by atoms with Crippen LogP contribution in [0.1, 0.15) is 31.9 Å². The zero-order chi connectivity index (χ0) is 13.1. The van der Waals surface area contributed by atoms with Crippen molar-refractivity contribution in [1.82, 2.24) is 4.31 Å². The smallest absolute Gasteiger partial charge is 0.242 e. The molecule has 0 amide bonds. The lowest BCUT2D eigenvalue weighted by Crippen LogP contribution is -2.27. The normalized spacial score (nSPS) is 13.9. The fraction of sp³-hybridized carbons (Fsp3) is 0.500. The summed E-state index contributed by atoms with van der Waals surface area (Å²) >= 11 is 0. The quantitative estimate of drug-likeness (QED) is 0.874. The highest BCUT2D eigenvalue weighted by molar-refractivity contribution is 7.89. The van der Waals surface area contributed by atoms with Crippen LogP contribution >= 0.6 is 0 Å². The number of benzene rings is 1. The van der Waals surface area contributed by atoms with Gasteiger partial charge in [0, 0.05) is 13.6 Å². The number of aliphatic hydroxyl groups excluding tert-OH is 1. The van der Waals surface area contributed by atoms with Gasteiger partial charge in [-0.3, -0.25) is 0 Å². The van der Waals surface area contributed by atoms with Crippen LogP contribution in [0.2, 0.25) is 0 Å². The van der Waals surface area contributed by atoms with Gasteiger partial charge < -0.3 is 5.11 Å². The molecule has 1 unspecified atom stereocenters. The van der Waals surface area contributed by atoms with Gasteiger partial charge >= 0.3 is 0 Å². The number of rotatable bonds is 5. The Bertz CT molecular complexity index is 468. The van der Waals surface area contributed by atoms with E-state index < -0.39 is 16.1 Å². The number of aliphatic hydroxyl groups is 1. The molecular weight excluding hydrogens is 238 g/mol. The molecule has 4 nitrogen and oxygen atoms in total. The Morgan fingerprint density at radius 2 is 2.06 bits per heavy atom. The molecule has 0 heterocycles. The van der Waals surface area contributed by atoms with Gasteiger partial charge in [0.2, 0.25) is 10.0 Å². The Kier molecular flexibility index (Phi) is 4.68. The minimum absolute atomic E-state index is 0.229. The summed E-state index contributed by atoms with van der Waals surface area (Å²) in [5.41, 5.74) is 0.607.